The van der Waals surface area contributed by atoms with Gasteiger partial charge in [-0.2, -0.15) is 0 Å². The van der Waals surface area contributed by atoms with Crippen molar-refractivity contribution in [2.24, 2.45) is 0 Å². The monoisotopic (exact) mass is 389 g/mol. The van der Waals surface area contributed by atoms with Crippen LogP contribution in [0.1, 0.15) is 36.9 Å². The molecule has 3 rings (SSSR count). The van der Waals surface area contributed by atoms with E-state index in [-0.39, 0.29) is 12.5 Å². The van der Waals surface area contributed by atoms with Crippen LogP contribution < -0.4 is 4.74 Å². The second-order valence-corrected chi connectivity index (χ2v) is 7.68. The van der Waals surface area contributed by atoms with Gasteiger partial charge < -0.3 is 19.3 Å². The molecule has 0 aliphatic carbocycles. The van der Waals surface area contributed by atoms with E-state index in [9.17, 15) is 9.90 Å². The molecule has 6 nitrogen and oxygen atoms in total. The second kappa shape index (κ2) is 9.80. The van der Waals surface area contributed by atoms with Gasteiger partial charge in [-0.25, -0.2) is 4.98 Å². The van der Waals surface area contributed by atoms with Crippen LogP contribution >= 0.6 is 11.8 Å². The number of aliphatic hydroxyl groups is 1. The fourth-order valence-electron chi connectivity index (χ4n) is 3.22. The fourth-order valence-corrected chi connectivity index (χ4v) is 4.12. The number of aliphatic hydroxyl groups excluding tert-OH is 1. The lowest BCUT2D eigenvalue weighted by Gasteiger charge is -2.20. The SMILES string of the molecule is COc1ccc(Cn2cc(CO)nc2SCC(=O)N2CCCCCC2)cc1. The summed E-state index contributed by atoms with van der Waals surface area (Å²) >= 11 is 1.44. The maximum Gasteiger partial charge on any atom is 0.233 e. The molecule has 1 aliphatic rings. The first-order valence-corrected chi connectivity index (χ1v) is 10.4. The van der Waals surface area contributed by atoms with Gasteiger partial charge in [-0.1, -0.05) is 36.7 Å². The highest BCUT2D eigenvalue weighted by Crippen LogP contribution is 2.22. The molecule has 0 radical (unpaired) electrons. The highest BCUT2D eigenvalue weighted by molar-refractivity contribution is 7.99. The summed E-state index contributed by atoms with van der Waals surface area (Å²) in [5.41, 5.74) is 1.73. The molecule has 1 N–H and O–H groups in total. The minimum Gasteiger partial charge on any atom is -0.497 e. The zero-order valence-electron chi connectivity index (χ0n) is 15.8. The summed E-state index contributed by atoms with van der Waals surface area (Å²) in [6.45, 7) is 2.25. The number of amides is 1. The van der Waals surface area contributed by atoms with E-state index in [0.29, 0.717) is 18.0 Å². The number of hydrogen-bond acceptors (Lipinski definition) is 5. The third-order valence-electron chi connectivity index (χ3n) is 4.75. The van der Waals surface area contributed by atoms with Crippen molar-refractivity contribution in [1.29, 1.82) is 0 Å². The Kier molecular flexibility index (Phi) is 7.18. The number of nitrogens with zero attached hydrogens (tertiary/aromatic N) is 3. The van der Waals surface area contributed by atoms with Gasteiger partial charge in [0.15, 0.2) is 5.16 Å². The van der Waals surface area contributed by atoms with E-state index in [2.05, 4.69) is 4.98 Å². The smallest absolute Gasteiger partial charge is 0.233 e. The molecular formula is C20H27N3O3S. The molecule has 0 unspecified atom stereocenters. The number of carbonyl (C=O) groups excluding carboxylic acids is 1. The molecule has 2 aromatic rings. The van der Waals surface area contributed by atoms with Crippen molar-refractivity contribution >= 4 is 17.7 Å². The molecule has 0 spiro atoms. The number of thioether (sulfide) groups is 1. The van der Waals surface area contributed by atoms with Crippen LogP contribution in [0.4, 0.5) is 0 Å². The molecule has 1 amide bonds. The molecule has 146 valence electrons. The predicted octanol–water partition coefficient (Wildman–Crippen LogP) is 2.93. The van der Waals surface area contributed by atoms with Gasteiger partial charge >= 0.3 is 0 Å². The zero-order chi connectivity index (χ0) is 19.1. The van der Waals surface area contributed by atoms with E-state index in [1.807, 2.05) is 39.9 Å². The van der Waals surface area contributed by atoms with Gasteiger partial charge in [0.05, 0.1) is 25.2 Å². The van der Waals surface area contributed by atoms with Crippen molar-refractivity contribution < 1.29 is 14.6 Å². The maximum absolute atomic E-state index is 12.5. The van der Waals surface area contributed by atoms with Crippen molar-refractivity contribution in [2.45, 2.75) is 44.0 Å². The summed E-state index contributed by atoms with van der Waals surface area (Å²) < 4.78 is 7.19. The number of methoxy groups -OCH3 is 1. The third kappa shape index (κ3) is 5.49. The van der Waals surface area contributed by atoms with Crippen molar-refractivity contribution in [3.63, 3.8) is 0 Å². The summed E-state index contributed by atoms with van der Waals surface area (Å²) in [6, 6.07) is 7.87. The topological polar surface area (TPSA) is 67.6 Å². The molecule has 1 fully saturated rings. The van der Waals surface area contributed by atoms with Crippen LogP contribution in [0.5, 0.6) is 5.75 Å². The number of rotatable bonds is 7. The Morgan fingerprint density at radius 1 is 1.19 bits per heavy atom. The largest absolute Gasteiger partial charge is 0.497 e. The summed E-state index contributed by atoms with van der Waals surface area (Å²) in [4.78, 5) is 19.0. The lowest BCUT2D eigenvalue weighted by Crippen LogP contribution is -2.33. The molecular weight excluding hydrogens is 362 g/mol. The average molecular weight is 390 g/mol. The number of benzene rings is 1. The van der Waals surface area contributed by atoms with E-state index in [4.69, 9.17) is 4.74 Å². The molecule has 0 saturated carbocycles. The van der Waals surface area contributed by atoms with Gasteiger partial charge in [-0.3, -0.25) is 4.79 Å². The Morgan fingerprint density at radius 3 is 2.52 bits per heavy atom. The van der Waals surface area contributed by atoms with Crippen molar-refractivity contribution in [1.82, 2.24) is 14.5 Å². The normalized spacial score (nSPS) is 14.8. The van der Waals surface area contributed by atoms with Crippen LogP contribution in [-0.2, 0) is 17.9 Å². The minimum atomic E-state index is -0.108. The second-order valence-electron chi connectivity index (χ2n) is 6.73. The predicted molar refractivity (Wildman–Crippen MR) is 106 cm³/mol. The van der Waals surface area contributed by atoms with Gasteiger partial charge in [0.25, 0.3) is 0 Å². The van der Waals surface area contributed by atoms with Gasteiger partial charge in [-0.15, -0.1) is 0 Å². The lowest BCUT2D eigenvalue weighted by molar-refractivity contribution is -0.128. The molecule has 0 atom stereocenters. The molecule has 1 aromatic carbocycles. The van der Waals surface area contributed by atoms with E-state index < -0.39 is 0 Å². The minimum absolute atomic E-state index is 0.108. The molecule has 2 heterocycles. The van der Waals surface area contributed by atoms with Crippen LogP contribution in [-0.4, -0.2) is 51.4 Å². The van der Waals surface area contributed by atoms with Gasteiger partial charge in [0.2, 0.25) is 5.91 Å². The maximum atomic E-state index is 12.5. The fraction of sp³-hybridized carbons (Fsp3) is 0.500. The standard InChI is InChI=1S/C20H27N3O3S/c1-26-18-8-6-16(7-9-18)12-23-13-17(14-24)21-20(23)27-15-19(25)22-10-4-2-3-5-11-22/h6-9,13,24H,2-5,10-12,14-15H2,1H3. The summed E-state index contributed by atoms with van der Waals surface area (Å²) in [5, 5.41) is 10.2. The Morgan fingerprint density at radius 2 is 1.89 bits per heavy atom. The van der Waals surface area contributed by atoms with Crippen LogP contribution in [0.25, 0.3) is 0 Å². The number of likely N-dealkylation sites (tertiary alicyclic amines) is 1. The Labute approximate surface area is 164 Å². The number of aromatic nitrogens is 2. The van der Waals surface area contributed by atoms with Crippen LogP contribution in [0.15, 0.2) is 35.6 Å². The van der Waals surface area contributed by atoms with Gasteiger partial charge in [0.1, 0.15) is 5.75 Å². The van der Waals surface area contributed by atoms with Crippen molar-refractivity contribution in [3.8, 4) is 5.75 Å². The van der Waals surface area contributed by atoms with E-state index in [1.165, 1.54) is 24.6 Å². The molecule has 27 heavy (non-hydrogen) atoms. The first-order chi connectivity index (χ1) is 13.2. The van der Waals surface area contributed by atoms with Crippen molar-refractivity contribution in [2.75, 3.05) is 26.0 Å². The summed E-state index contributed by atoms with van der Waals surface area (Å²) in [6.07, 6.45) is 6.46. The molecule has 7 heteroatoms. The molecule has 0 bridgehead atoms. The van der Waals surface area contributed by atoms with Crippen LogP contribution in [0.2, 0.25) is 0 Å². The number of imidazole rings is 1. The molecule has 1 aromatic heterocycles. The molecule has 1 aliphatic heterocycles. The zero-order valence-corrected chi connectivity index (χ0v) is 16.6. The van der Waals surface area contributed by atoms with Crippen molar-refractivity contribution in [3.05, 3.63) is 41.7 Å². The summed E-state index contributed by atoms with van der Waals surface area (Å²) in [5.74, 6) is 1.37. The average Bonchev–Trinajstić information content (AvgIpc) is 2.90. The Bertz CT molecular complexity index is 737. The van der Waals surface area contributed by atoms with Gasteiger partial charge in [-0.05, 0) is 30.5 Å². The van der Waals surface area contributed by atoms with Crippen LogP contribution in [0.3, 0.4) is 0 Å². The highest BCUT2D eigenvalue weighted by atomic mass is 32.2. The first-order valence-electron chi connectivity index (χ1n) is 9.40. The summed E-state index contributed by atoms with van der Waals surface area (Å²) in [7, 11) is 1.65. The lowest BCUT2D eigenvalue weighted by atomic mass is 10.2. The quantitative estimate of drug-likeness (QED) is 0.738. The van der Waals surface area contributed by atoms with Gasteiger partial charge in [0, 0.05) is 25.8 Å². The number of carbonyl (C=O) groups is 1. The van der Waals surface area contributed by atoms with E-state index in [0.717, 1.165) is 42.4 Å². The van der Waals surface area contributed by atoms with Crippen LogP contribution in [0, 0.1) is 0 Å². The van der Waals surface area contributed by atoms with E-state index >= 15 is 0 Å². The Balaban J connectivity index is 1.65. The highest BCUT2D eigenvalue weighted by Gasteiger charge is 2.17. The first kappa shape index (κ1) is 19.8. The third-order valence-corrected chi connectivity index (χ3v) is 5.72. The Hall–Kier alpha value is -1.99. The number of ether oxygens (including phenoxy) is 1. The number of hydrogen-bond donors (Lipinski definition) is 1. The molecule has 1 saturated heterocycles. The van der Waals surface area contributed by atoms with E-state index in [1.54, 1.807) is 7.11 Å².